The number of ether oxygens (including phenoxy) is 7. The number of Topliss-reactive ketones (excluding diaryl/α,β-unsaturated/α-hetero) is 1. The molecule has 0 aromatic rings. The molecule has 0 spiro atoms. The van der Waals surface area contributed by atoms with E-state index in [1.807, 2.05) is 0 Å². The standard InChI is InChI=1S/C44H68O17/c1-18(2)12-20(45)13-19(3)23-6-7-24-22-15-28-26-14-21(8-10-44(26,5)25(22)9-11-43(23,24)4)57-42-38(34(51)33(50)36(59-42)39(53)54)61-41-37(30(47)27(46)16-56-41)60-40-35(52)32(49)31(48)29(58-40)17-55-28/h15,18-19,21,23-38,40-42,46-52H,6-14,16-17H2,1-5H3,(H,53,54)/t19-,21+,23-,24+,25+,26-,27+,28-,29-,30+,31-,32+,33+,34+,35-,36+,37-,38-,40+,41+,42-,43-,44-/m1/s1. The number of hydrogen-bond donors (Lipinski definition) is 8. The van der Waals surface area contributed by atoms with Crippen LogP contribution in [0.5, 0.6) is 0 Å². The van der Waals surface area contributed by atoms with E-state index in [0.717, 1.165) is 25.7 Å². The average Bonchev–Trinajstić information content (AvgIpc) is 3.56. The summed E-state index contributed by atoms with van der Waals surface area (Å²) in [5.74, 6) is 0.0451. The van der Waals surface area contributed by atoms with Gasteiger partial charge in [-0.25, -0.2) is 4.79 Å². The van der Waals surface area contributed by atoms with E-state index < -0.39 is 111 Å². The fourth-order valence-corrected chi connectivity index (χ4v) is 13.0. The normalized spacial score (nSPS) is 51.9. The fraction of sp³-hybridized carbons (Fsp3) is 0.909. The van der Waals surface area contributed by atoms with Crippen molar-refractivity contribution >= 4 is 11.8 Å². The molecule has 0 amide bonds. The Kier molecular flexibility index (Phi) is 13.2. The molecular formula is C44H68O17. The zero-order chi connectivity index (χ0) is 43.9. The fourth-order valence-electron chi connectivity index (χ4n) is 13.0. The highest BCUT2D eigenvalue weighted by atomic mass is 16.8. The van der Waals surface area contributed by atoms with Crippen molar-refractivity contribution in [1.82, 2.24) is 0 Å². The van der Waals surface area contributed by atoms with Gasteiger partial charge in [-0.15, -0.1) is 0 Å². The number of carbonyl (C=O) groups is 2. The molecule has 23 atom stereocenters. The molecule has 8 aliphatic rings. The first-order valence-electron chi connectivity index (χ1n) is 22.5. The van der Waals surface area contributed by atoms with E-state index in [0.29, 0.717) is 49.7 Å². The number of carboxylic acid groups (broad SMARTS) is 1. The third-order valence-electron chi connectivity index (χ3n) is 16.2. The lowest BCUT2D eigenvalue weighted by molar-refractivity contribution is -0.386. The number of ketones is 1. The summed E-state index contributed by atoms with van der Waals surface area (Å²) in [6.45, 7) is 10.4. The van der Waals surface area contributed by atoms with Gasteiger partial charge in [-0.05, 0) is 91.3 Å². The van der Waals surface area contributed by atoms with E-state index in [-0.39, 0.29) is 41.1 Å². The Balaban J connectivity index is 1.14. The molecule has 0 aromatic carbocycles. The Morgan fingerprint density at radius 2 is 1.38 bits per heavy atom. The highest BCUT2D eigenvalue weighted by molar-refractivity contribution is 5.78. The number of aliphatic carboxylic acids is 1. The van der Waals surface area contributed by atoms with Crippen molar-refractivity contribution in [3.8, 4) is 0 Å². The van der Waals surface area contributed by atoms with Crippen LogP contribution in [0, 0.1) is 46.3 Å². The van der Waals surface area contributed by atoms with Crippen LogP contribution < -0.4 is 0 Å². The third kappa shape index (κ3) is 8.30. The molecule has 61 heavy (non-hydrogen) atoms. The van der Waals surface area contributed by atoms with Gasteiger partial charge in [-0.2, -0.15) is 0 Å². The number of hydrogen-bond acceptors (Lipinski definition) is 16. The monoisotopic (exact) mass is 868 g/mol. The number of rotatable bonds is 6. The van der Waals surface area contributed by atoms with Crippen LogP contribution >= 0.6 is 0 Å². The lowest BCUT2D eigenvalue weighted by Crippen LogP contribution is -2.66. The van der Waals surface area contributed by atoms with E-state index in [2.05, 4.69) is 40.7 Å². The largest absolute Gasteiger partial charge is 0.479 e. The summed E-state index contributed by atoms with van der Waals surface area (Å²) in [5.41, 5.74) is 1.04. The van der Waals surface area contributed by atoms with Gasteiger partial charge in [0, 0.05) is 12.8 Å². The maximum atomic E-state index is 13.0. The molecule has 3 saturated carbocycles. The average molecular weight is 869 g/mol. The molecule has 4 saturated heterocycles. The topological polar surface area (TPSA) is 261 Å². The van der Waals surface area contributed by atoms with E-state index in [1.54, 1.807) is 0 Å². The number of aliphatic hydroxyl groups excluding tert-OH is 7. The first kappa shape index (κ1) is 45.9. The smallest absolute Gasteiger partial charge is 0.335 e. The molecule has 0 aromatic heterocycles. The van der Waals surface area contributed by atoms with Crippen molar-refractivity contribution in [2.24, 2.45) is 46.3 Å². The van der Waals surface area contributed by atoms with Crippen LogP contribution in [0.1, 0.15) is 92.4 Å². The molecule has 4 aliphatic carbocycles. The van der Waals surface area contributed by atoms with Gasteiger partial charge in [0.2, 0.25) is 0 Å². The second-order valence-corrected chi connectivity index (χ2v) is 20.5. The van der Waals surface area contributed by atoms with Crippen LogP contribution in [0.15, 0.2) is 11.6 Å². The van der Waals surface area contributed by atoms with Crippen LogP contribution in [0.2, 0.25) is 0 Å². The molecule has 0 radical (unpaired) electrons. The lowest BCUT2D eigenvalue weighted by Gasteiger charge is -2.60. The molecule has 4 bridgehead atoms. The molecule has 7 fully saturated rings. The first-order chi connectivity index (χ1) is 28.8. The van der Waals surface area contributed by atoms with Crippen LogP contribution in [0.25, 0.3) is 0 Å². The quantitative estimate of drug-likeness (QED) is 0.172. The van der Waals surface area contributed by atoms with Gasteiger partial charge in [-0.1, -0.05) is 46.3 Å². The van der Waals surface area contributed by atoms with Gasteiger partial charge in [0.25, 0.3) is 0 Å². The first-order valence-corrected chi connectivity index (χ1v) is 22.5. The number of allylic oxidation sites excluding steroid dienone is 1. The number of fused-ring (bicyclic) bond motifs is 9. The Bertz CT molecular complexity index is 1630. The Morgan fingerprint density at radius 1 is 0.689 bits per heavy atom. The summed E-state index contributed by atoms with van der Waals surface area (Å²) in [4.78, 5) is 25.3. The summed E-state index contributed by atoms with van der Waals surface area (Å²) in [6, 6.07) is 0. The Labute approximate surface area is 356 Å². The zero-order valence-corrected chi connectivity index (χ0v) is 35.8. The van der Waals surface area contributed by atoms with Crippen molar-refractivity contribution in [2.75, 3.05) is 13.2 Å². The van der Waals surface area contributed by atoms with Gasteiger partial charge in [-0.3, -0.25) is 4.79 Å². The predicted molar refractivity (Wildman–Crippen MR) is 210 cm³/mol. The van der Waals surface area contributed by atoms with Crippen LogP contribution in [0.4, 0.5) is 0 Å². The molecule has 8 rings (SSSR count). The molecule has 346 valence electrons. The zero-order valence-electron chi connectivity index (χ0n) is 35.8. The van der Waals surface area contributed by atoms with Gasteiger partial charge in [0.1, 0.15) is 66.8 Å². The third-order valence-corrected chi connectivity index (χ3v) is 16.2. The van der Waals surface area contributed by atoms with Crippen molar-refractivity contribution in [3.63, 3.8) is 0 Å². The predicted octanol–water partition coefficient (Wildman–Crippen LogP) is 0.788. The second kappa shape index (κ2) is 17.6. The second-order valence-electron chi connectivity index (χ2n) is 20.5. The van der Waals surface area contributed by atoms with Crippen LogP contribution in [-0.2, 0) is 42.7 Å². The summed E-state index contributed by atoms with van der Waals surface area (Å²) < 4.78 is 43.2. The Morgan fingerprint density at radius 3 is 2.10 bits per heavy atom. The van der Waals surface area contributed by atoms with Gasteiger partial charge < -0.3 is 74.0 Å². The maximum Gasteiger partial charge on any atom is 0.335 e. The van der Waals surface area contributed by atoms with Crippen LogP contribution in [0.3, 0.4) is 0 Å². The van der Waals surface area contributed by atoms with Crippen molar-refractivity contribution in [3.05, 3.63) is 11.6 Å². The highest BCUT2D eigenvalue weighted by Crippen LogP contribution is 2.67. The van der Waals surface area contributed by atoms with Crippen LogP contribution in [-0.4, -0.2) is 164 Å². The van der Waals surface area contributed by atoms with Gasteiger partial charge in [0.15, 0.2) is 25.0 Å². The van der Waals surface area contributed by atoms with Gasteiger partial charge in [0.05, 0.1) is 25.4 Å². The molecule has 17 nitrogen and oxygen atoms in total. The van der Waals surface area contributed by atoms with E-state index in [1.165, 1.54) is 5.57 Å². The Hall–Kier alpha value is -1.68. The summed E-state index contributed by atoms with van der Waals surface area (Å²) in [6.07, 6.45) is -15.5. The van der Waals surface area contributed by atoms with Crippen molar-refractivity contribution < 1.29 is 83.6 Å². The molecule has 17 heteroatoms. The molecular weight excluding hydrogens is 800 g/mol. The summed E-state index contributed by atoms with van der Waals surface area (Å²) in [5, 5.41) is 87.4. The maximum absolute atomic E-state index is 13.0. The SMILES string of the molecule is CC(C)CC(=O)C[C@@H](C)[C@H]1CC[C@H]2C3=C[C@H]4OC[C@H]5O[C@@H](O[C@H]6[C@@H](OC[C@H](O)[C@@H]6O)O[C@H]6[C@H](O[C@H]7CC[C@@](C)([C@@H]4C7)[C@H]3CC[C@]12C)O[C@H](C(=O)O)[C@@H](O)[C@@H]6O)[C@H](O)[C@@H](O)[C@@H]5O. The van der Waals surface area contributed by atoms with E-state index >= 15 is 0 Å². The van der Waals surface area contributed by atoms with E-state index in [9.17, 15) is 50.4 Å². The molecule has 8 N–H and O–H groups in total. The van der Waals surface area contributed by atoms with Crippen molar-refractivity contribution in [2.45, 2.75) is 191 Å². The summed E-state index contributed by atoms with van der Waals surface area (Å²) >= 11 is 0. The number of aliphatic hydroxyl groups is 7. The molecule has 0 unspecified atom stereocenters. The number of carbonyl (C=O) groups excluding carboxylic acids is 1. The highest BCUT2D eigenvalue weighted by Gasteiger charge is 2.61. The minimum atomic E-state index is -1.96. The minimum absolute atomic E-state index is 0.0204. The number of carboxylic acids is 1. The summed E-state index contributed by atoms with van der Waals surface area (Å²) in [7, 11) is 0. The van der Waals surface area contributed by atoms with E-state index in [4.69, 9.17) is 33.2 Å². The molecule has 4 heterocycles. The van der Waals surface area contributed by atoms with Crippen molar-refractivity contribution in [1.29, 1.82) is 0 Å². The lowest BCUT2D eigenvalue weighted by atomic mass is 9.47. The minimum Gasteiger partial charge on any atom is -0.479 e. The van der Waals surface area contributed by atoms with Gasteiger partial charge >= 0.3 is 5.97 Å². The molecule has 4 aliphatic heterocycles.